The summed E-state index contributed by atoms with van der Waals surface area (Å²) in [6.07, 6.45) is 0. The molecule has 0 aliphatic rings. The smallest absolute Gasteiger partial charge is 0.159 e. The van der Waals surface area contributed by atoms with Crippen LogP contribution in [0.1, 0.15) is 0 Å². The number of para-hydroxylation sites is 3. The molecule has 0 N–H and O–H groups in total. The van der Waals surface area contributed by atoms with Gasteiger partial charge in [-0.1, -0.05) is 146 Å². The molecule has 0 aliphatic heterocycles. The van der Waals surface area contributed by atoms with Crippen molar-refractivity contribution in [3.63, 3.8) is 0 Å². The third kappa shape index (κ3) is 5.20. The Morgan fingerprint density at radius 1 is 0.291 bits per heavy atom. The van der Waals surface area contributed by atoms with Crippen molar-refractivity contribution in [2.75, 3.05) is 4.90 Å². The minimum atomic E-state index is 0.848. The fraction of sp³-hybridized carbons (Fsp3) is 0. The minimum Gasteiger partial charge on any atom is -0.456 e. The Balaban J connectivity index is 1.19. The molecule has 0 fully saturated rings. The summed E-state index contributed by atoms with van der Waals surface area (Å²) in [5.41, 5.74) is 13.5. The molecule has 0 spiro atoms. The van der Waals surface area contributed by atoms with Crippen LogP contribution in [0.3, 0.4) is 0 Å². The van der Waals surface area contributed by atoms with Gasteiger partial charge in [-0.2, -0.15) is 0 Å². The van der Waals surface area contributed by atoms with E-state index in [2.05, 4.69) is 187 Å². The Hall–Kier alpha value is -7.36. The lowest BCUT2D eigenvalue weighted by Gasteiger charge is -2.28. The van der Waals surface area contributed by atoms with Gasteiger partial charge < -0.3 is 13.7 Å². The van der Waals surface area contributed by atoms with Gasteiger partial charge in [0.15, 0.2) is 5.58 Å². The zero-order valence-electron chi connectivity index (χ0n) is 29.8. The average Bonchev–Trinajstić information content (AvgIpc) is 3.83. The first-order valence-electron chi connectivity index (χ1n) is 18.7. The molecule has 0 radical (unpaired) electrons. The van der Waals surface area contributed by atoms with Crippen LogP contribution in [0.2, 0.25) is 0 Å². The summed E-state index contributed by atoms with van der Waals surface area (Å²) in [4.78, 5) is 2.39. The number of fused-ring (bicyclic) bond motifs is 7. The van der Waals surface area contributed by atoms with Crippen LogP contribution in [-0.4, -0.2) is 0 Å². The maximum atomic E-state index is 6.76. The molecule has 0 saturated carbocycles. The maximum Gasteiger partial charge on any atom is 0.159 e. The first-order valence-corrected chi connectivity index (χ1v) is 18.7. The second-order valence-corrected chi connectivity index (χ2v) is 14.1. The molecule has 11 rings (SSSR count). The number of hydrogen-bond donors (Lipinski definition) is 0. The average molecular weight is 704 g/mol. The van der Waals surface area contributed by atoms with Crippen LogP contribution in [0.5, 0.6) is 0 Å². The van der Waals surface area contributed by atoms with Crippen molar-refractivity contribution in [1.29, 1.82) is 0 Å². The summed E-state index contributed by atoms with van der Waals surface area (Å²) in [5.74, 6) is 0. The van der Waals surface area contributed by atoms with Crippen molar-refractivity contribution in [2.45, 2.75) is 0 Å². The van der Waals surface area contributed by atoms with Gasteiger partial charge >= 0.3 is 0 Å². The van der Waals surface area contributed by atoms with Crippen molar-refractivity contribution < 1.29 is 8.83 Å². The van der Waals surface area contributed by atoms with Crippen LogP contribution >= 0.6 is 0 Å². The van der Waals surface area contributed by atoms with E-state index in [0.717, 1.165) is 105 Å². The van der Waals surface area contributed by atoms with Gasteiger partial charge in [0, 0.05) is 32.6 Å². The summed E-state index contributed by atoms with van der Waals surface area (Å²) in [7, 11) is 0. The number of hydrogen-bond acceptors (Lipinski definition) is 3. The second-order valence-electron chi connectivity index (χ2n) is 14.1. The molecule has 2 heterocycles. The van der Waals surface area contributed by atoms with Gasteiger partial charge in [-0.05, 0) is 93.4 Å². The molecule has 0 bridgehead atoms. The molecule has 0 saturated heterocycles. The van der Waals surface area contributed by atoms with Crippen LogP contribution < -0.4 is 4.90 Å². The topological polar surface area (TPSA) is 29.5 Å². The SMILES string of the molecule is c1ccc(-c2cc(-c3ccccc3)cc(N(c3ccc(-c4ccc5oc6ccccc6c5c4)c4ccccc34)c3cccc4c3oc3ccccc34)c2)cc1. The van der Waals surface area contributed by atoms with Gasteiger partial charge in [-0.3, -0.25) is 0 Å². The minimum absolute atomic E-state index is 0.848. The predicted octanol–water partition coefficient (Wildman–Crippen LogP) is 15.1. The van der Waals surface area contributed by atoms with Gasteiger partial charge in [0.2, 0.25) is 0 Å². The van der Waals surface area contributed by atoms with Crippen LogP contribution in [0.25, 0.3) is 88.0 Å². The Kier molecular flexibility index (Phi) is 7.17. The van der Waals surface area contributed by atoms with Gasteiger partial charge in [0.05, 0.1) is 11.4 Å². The highest BCUT2D eigenvalue weighted by molar-refractivity contribution is 6.14. The zero-order chi connectivity index (χ0) is 36.3. The number of nitrogens with zero attached hydrogens (tertiary/aromatic N) is 1. The number of benzene rings is 9. The molecule has 0 atom stereocenters. The largest absolute Gasteiger partial charge is 0.456 e. The molecule has 3 nitrogen and oxygen atoms in total. The van der Waals surface area contributed by atoms with Gasteiger partial charge in [0.1, 0.15) is 16.7 Å². The van der Waals surface area contributed by atoms with Crippen LogP contribution in [0.4, 0.5) is 17.1 Å². The lowest BCUT2D eigenvalue weighted by Crippen LogP contribution is -2.11. The van der Waals surface area contributed by atoms with E-state index in [9.17, 15) is 0 Å². The fourth-order valence-corrected chi connectivity index (χ4v) is 8.27. The molecule has 55 heavy (non-hydrogen) atoms. The summed E-state index contributed by atoms with van der Waals surface area (Å²) in [6, 6.07) is 71.1. The van der Waals surface area contributed by atoms with E-state index >= 15 is 0 Å². The van der Waals surface area contributed by atoms with E-state index in [0.29, 0.717) is 0 Å². The van der Waals surface area contributed by atoms with Crippen molar-refractivity contribution in [3.05, 3.63) is 200 Å². The van der Waals surface area contributed by atoms with E-state index in [1.807, 2.05) is 18.2 Å². The van der Waals surface area contributed by atoms with Crippen LogP contribution in [0.15, 0.2) is 209 Å². The molecule has 258 valence electrons. The quantitative estimate of drug-likeness (QED) is 0.173. The maximum absolute atomic E-state index is 6.76. The Morgan fingerprint density at radius 2 is 0.855 bits per heavy atom. The second kappa shape index (κ2) is 12.6. The molecule has 2 aromatic heterocycles. The zero-order valence-corrected chi connectivity index (χ0v) is 29.8. The molecule has 0 amide bonds. The summed E-state index contributed by atoms with van der Waals surface area (Å²) >= 11 is 0. The summed E-state index contributed by atoms with van der Waals surface area (Å²) < 4.78 is 13.0. The third-order valence-corrected chi connectivity index (χ3v) is 10.8. The van der Waals surface area contributed by atoms with E-state index < -0.39 is 0 Å². The van der Waals surface area contributed by atoms with Gasteiger partial charge in [-0.25, -0.2) is 0 Å². The normalized spacial score (nSPS) is 11.6. The Bertz CT molecular complexity index is 3150. The molecule has 3 heteroatoms. The highest BCUT2D eigenvalue weighted by atomic mass is 16.3. The molecule has 0 unspecified atom stereocenters. The molecule has 0 aliphatic carbocycles. The number of rotatable bonds is 6. The predicted molar refractivity (Wildman–Crippen MR) is 229 cm³/mol. The molecular formula is C52H33NO2. The van der Waals surface area contributed by atoms with E-state index in [1.54, 1.807) is 0 Å². The van der Waals surface area contributed by atoms with Gasteiger partial charge in [0.25, 0.3) is 0 Å². The van der Waals surface area contributed by atoms with Crippen molar-refractivity contribution in [2.24, 2.45) is 0 Å². The molecule has 11 aromatic rings. The number of furan rings is 2. The Labute approximate surface area is 317 Å². The standard InChI is InChI=1S/C52H33NO2/c1-3-14-34(15-4-1)37-30-38(35-16-5-2-6-17-35)32-39(31-37)53(48-23-13-22-45-43-20-9-12-25-50(43)55-52(45)48)47-28-27-40(41-18-7-8-19-42(41)47)36-26-29-51-46(33-36)44-21-10-11-24-49(44)54-51/h1-33H. The van der Waals surface area contributed by atoms with Crippen LogP contribution in [0, 0.1) is 0 Å². The summed E-state index contributed by atoms with van der Waals surface area (Å²) in [6.45, 7) is 0. The number of anilines is 3. The Morgan fingerprint density at radius 3 is 1.56 bits per heavy atom. The van der Waals surface area contributed by atoms with Crippen molar-refractivity contribution in [1.82, 2.24) is 0 Å². The van der Waals surface area contributed by atoms with Crippen molar-refractivity contribution >= 4 is 71.7 Å². The summed E-state index contributed by atoms with van der Waals surface area (Å²) in [5, 5.41) is 6.73. The lowest BCUT2D eigenvalue weighted by atomic mass is 9.94. The highest BCUT2D eigenvalue weighted by Gasteiger charge is 2.23. The fourth-order valence-electron chi connectivity index (χ4n) is 8.27. The monoisotopic (exact) mass is 703 g/mol. The third-order valence-electron chi connectivity index (χ3n) is 10.8. The molecular weight excluding hydrogens is 671 g/mol. The molecule has 9 aromatic carbocycles. The van der Waals surface area contributed by atoms with Crippen LogP contribution in [-0.2, 0) is 0 Å². The van der Waals surface area contributed by atoms with E-state index in [4.69, 9.17) is 8.83 Å². The van der Waals surface area contributed by atoms with Crippen molar-refractivity contribution in [3.8, 4) is 33.4 Å². The van der Waals surface area contributed by atoms with E-state index in [1.165, 1.54) is 0 Å². The highest BCUT2D eigenvalue weighted by Crippen LogP contribution is 2.47. The first kappa shape index (κ1) is 31.2. The van der Waals surface area contributed by atoms with Gasteiger partial charge in [-0.15, -0.1) is 0 Å². The van der Waals surface area contributed by atoms with E-state index in [-0.39, 0.29) is 0 Å². The first-order chi connectivity index (χ1) is 27.3. The lowest BCUT2D eigenvalue weighted by molar-refractivity contribution is 0.668.